The number of ketones is 2. The number of rotatable bonds is 2. The Morgan fingerprint density at radius 2 is 1.92 bits per heavy atom. The molecule has 1 aromatic rings. The number of hydrogen-bond donors (Lipinski definition) is 1. The van der Waals surface area contributed by atoms with Crippen LogP contribution in [0.25, 0.3) is 5.76 Å². The zero-order valence-corrected chi connectivity index (χ0v) is 14.1. The monoisotopic (exact) mass is 329 g/mol. The van der Waals surface area contributed by atoms with Crippen molar-refractivity contribution < 1.29 is 24.2 Å². The van der Waals surface area contributed by atoms with E-state index in [1.54, 1.807) is 6.92 Å². The summed E-state index contributed by atoms with van der Waals surface area (Å²) in [6.07, 6.45) is 0.741. The van der Waals surface area contributed by atoms with Crippen molar-refractivity contribution in [2.24, 2.45) is 5.41 Å². The number of aromatic nitrogens is 1. The first-order valence-electron chi connectivity index (χ1n) is 7.90. The zero-order valence-electron chi connectivity index (χ0n) is 14.1. The fraction of sp³-hybridized carbons (Fsp3) is 0.444. The van der Waals surface area contributed by atoms with Crippen LogP contribution in [-0.2, 0) is 11.2 Å². The Bertz CT molecular complexity index is 832. The Hall–Kier alpha value is -2.50. The van der Waals surface area contributed by atoms with Crippen LogP contribution in [0.4, 0.5) is 0 Å². The van der Waals surface area contributed by atoms with Gasteiger partial charge in [0.15, 0.2) is 5.78 Å². The Balaban J connectivity index is 2.36. The predicted octanol–water partition coefficient (Wildman–Crippen LogP) is 2.90. The normalized spacial score (nSPS) is 18.5. The summed E-state index contributed by atoms with van der Waals surface area (Å²) in [5.41, 5.74) is 0.454. The lowest BCUT2D eigenvalue weighted by Gasteiger charge is -2.30. The second kappa shape index (κ2) is 5.26. The lowest BCUT2D eigenvalue weighted by Crippen LogP contribution is -2.31. The van der Waals surface area contributed by atoms with Gasteiger partial charge in [-0.3, -0.25) is 9.59 Å². The third-order valence-corrected chi connectivity index (χ3v) is 4.46. The van der Waals surface area contributed by atoms with Gasteiger partial charge in [0.2, 0.25) is 5.78 Å². The van der Waals surface area contributed by atoms with E-state index in [4.69, 9.17) is 4.74 Å². The third-order valence-electron chi connectivity index (χ3n) is 4.46. The van der Waals surface area contributed by atoms with Crippen molar-refractivity contribution in [3.8, 4) is 0 Å². The van der Waals surface area contributed by atoms with E-state index in [2.05, 4.69) is 4.98 Å². The van der Waals surface area contributed by atoms with E-state index in [1.807, 2.05) is 13.8 Å². The second-order valence-electron chi connectivity index (χ2n) is 7.00. The number of fused-ring (bicyclic) bond motifs is 2. The molecule has 0 spiro atoms. The third kappa shape index (κ3) is 2.25. The van der Waals surface area contributed by atoms with Gasteiger partial charge in [-0.15, -0.1) is 0 Å². The topological polar surface area (TPSA) is 93.6 Å². The minimum atomic E-state index is -0.713. The number of pyridine rings is 1. The maximum atomic E-state index is 12.7. The number of aliphatic hydroxyl groups is 1. The maximum absolute atomic E-state index is 12.7. The minimum Gasteiger partial charge on any atom is -0.507 e. The standard InChI is InChI=1S/C18H19NO5/c1-5-24-17(23)12-11-9(6-18(3,4)7-10(11)20)19-14-13(12)15(21)8(2)16(14)22/h21H,5-7H2,1-4H3. The number of ether oxygens (including phenoxy) is 1. The molecule has 0 saturated carbocycles. The summed E-state index contributed by atoms with van der Waals surface area (Å²) in [4.78, 5) is 41.9. The van der Waals surface area contributed by atoms with Crippen LogP contribution in [-0.4, -0.2) is 34.2 Å². The van der Waals surface area contributed by atoms with Gasteiger partial charge in [0.1, 0.15) is 11.5 Å². The van der Waals surface area contributed by atoms with Gasteiger partial charge in [0.25, 0.3) is 0 Å². The van der Waals surface area contributed by atoms with Crippen molar-refractivity contribution in [3.05, 3.63) is 33.7 Å². The van der Waals surface area contributed by atoms with Gasteiger partial charge in [-0.1, -0.05) is 13.8 Å². The van der Waals surface area contributed by atoms with Crippen LogP contribution < -0.4 is 0 Å². The van der Waals surface area contributed by atoms with Crippen LogP contribution in [0.5, 0.6) is 0 Å². The molecule has 1 aromatic heterocycles. The number of carbonyl (C=O) groups is 3. The first-order chi connectivity index (χ1) is 11.2. The van der Waals surface area contributed by atoms with Crippen molar-refractivity contribution in [2.75, 3.05) is 6.61 Å². The van der Waals surface area contributed by atoms with E-state index >= 15 is 0 Å². The molecule has 2 aliphatic rings. The van der Waals surface area contributed by atoms with Crippen LogP contribution in [0, 0.1) is 5.41 Å². The molecule has 2 aliphatic carbocycles. The molecule has 0 unspecified atom stereocenters. The molecule has 1 N–H and O–H groups in total. The van der Waals surface area contributed by atoms with Crippen LogP contribution in [0.2, 0.25) is 0 Å². The van der Waals surface area contributed by atoms with Crippen LogP contribution in [0.1, 0.15) is 76.6 Å². The predicted molar refractivity (Wildman–Crippen MR) is 86.2 cm³/mol. The molecule has 6 nitrogen and oxygen atoms in total. The number of aliphatic hydroxyl groups excluding tert-OH is 1. The molecular weight excluding hydrogens is 310 g/mol. The first-order valence-corrected chi connectivity index (χ1v) is 7.90. The molecular formula is C18H19NO5. The molecule has 3 rings (SSSR count). The first kappa shape index (κ1) is 16.4. The highest BCUT2D eigenvalue weighted by Crippen LogP contribution is 2.41. The number of carbonyl (C=O) groups excluding carboxylic acids is 3. The largest absolute Gasteiger partial charge is 0.507 e. The van der Waals surface area contributed by atoms with Gasteiger partial charge < -0.3 is 9.84 Å². The molecule has 0 aliphatic heterocycles. The summed E-state index contributed by atoms with van der Waals surface area (Å²) in [5.74, 6) is -1.66. The van der Waals surface area contributed by atoms with Crippen molar-refractivity contribution >= 4 is 23.3 Å². The van der Waals surface area contributed by atoms with Gasteiger partial charge in [0.05, 0.1) is 29.0 Å². The van der Waals surface area contributed by atoms with Crippen LogP contribution >= 0.6 is 0 Å². The zero-order chi connectivity index (χ0) is 17.8. The van der Waals surface area contributed by atoms with Crippen molar-refractivity contribution in [1.82, 2.24) is 4.98 Å². The highest BCUT2D eigenvalue weighted by molar-refractivity contribution is 6.22. The molecule has 6 heteroatoms. The van der Waals surface area contributed by atoms with Gasteiger partial charge in [-0.2, -0.15) is 0 Å². The molecule has 0 radical (unpaired) electrons. The quantitative estimate of drug-likeness (QED) is 0.839. The minimum absolute atomic E-state index is 0.0253. The molecule has 0 bridgehead atoms. The fourth-order valence-corrected chi connectivity index (χ4v) is 3.38. The highest BCUT2D eigenvalue weighted by atomic mass is 16.5. The number of nitrogens with zero attached hydrogens (tertiary/aromatic N) is 1. The summed E-state index contributed by atoms with van der Waals surface area (Å²) >= 11 is 0. The molecule has 0 fully saturated rings. The van der Waals surface area contributed by atoms with Gasteiger partial charge in [-0.05, 0) is 25.7 Å². The molecule has 0 atom stereocenters. The Morgan fingerprint density at radius 1 is 1.25 bits per heavy atom. The molecule has 1 heterocycles. The van der Waals surface area contributed by atoms with E-state index in [1.165, 1.54) is 6.92 Å². The van der Waals surface area contributed by atoms with Crippen molar-refractivity contribution in [3.63, 3.8) is 0 Å². The smallest absolute Gasteiger partial charge is 0.339 e. The summed E-state index contributed by atoms with van der Waals surface area (Å²) in [5, 5.41) is 10.3. The molecule has 0 amide bonds. The highest BCUT2D eigenvalue weighted by Gasteiger charge is 2.42. The Morgan fingerprint density at radius 3 is 2.54 bits per heavy atom. The summed E-state index contributed by atoms with van der Waals surface area (Å²) in [6.45, 7) is 7.13. The van der Waals surface area contributed by atoms with Gasteiger partial charge in [0, 0.05) is 12.0 Å². The summed E-state index contributed by atoms with van der Waals surface area (Å²) in [6, 6.07) is 0. The lowest BCUT2D eigenvalue weighted by molar-refractivity contribution is 0.0520. The Kier molecular flexibility index (Phi) is 3.59. The molecule has 126 valence electrons. The van der Waals surface area contributed by atoms with Gasteiger partial charge >= 0.3 is 5.97 Å². The van der Waals surface area contributed by atoms with E-state index in [-0.39, 0.29) is 57.9 Å². The lowest BCUT2D eigenvalue weighted by atomic mass is 9.74. The summed E-state index contributed by atoms with van der Waals surface area (Å²) in [7, 11) is 0. The SMILES string of the molecule is CCOC(=O)c1c2c(nc3c1C(O)=C(C)C3=O)CC(C)(C)CC2=O. The number of hydrogen-bond acceptors (Lipinski definition) is 6. The average Bonchev–Trinajstić information content (AvgIpc) is 2.69. The van der Waals surface area contributed by atoms with Crippen molar-refractivity contribution in [1.29, 1.82) is 0 Å². The summed E-state index contributed by atoms with van der Waals surface area (Å²) < 4.78 is 5.07. The van der Waals surface area contributed by atoms with Crippen molar-refractivity contribution in [2.45, 2.75) is 40.5 Å². The van der Waals surface area contributed by atoms with Crippen LogP contribution in [0.15, 0.2) is 5.57 Å². The second-order valence-corrected chi connectivity index (χ2v) is 7.00. The van der Waals surface area contributed by atoms with E-state index in [0.29, 0.717) is 12.1 Å². The van der Waals surface area contributed by atoms with E-state index in [0.717, 1.165) is 0 Å². The molecule has 0 aromatic carbocycles. The fourth-order valence-electron chi connectivity index (χ4n) is 3.38. The van der Waals surface area contributed by atoms with Gasteiger partial charge in [-0.25, -0.2) is 9.78 Å². The molecule has 0 saturated heterocycles. The van der Waals surface area contributed by atoms with Crippen LogP contribution in [0.3, 0.4) is 0 Å². The maximum Gasteiger partial charge on any atom is 0.339 e. The Labute approximate surface area is 139 Å². The number of esters is 1. The van der Waals surface area contributed by atoms with E-state index < -0.39 is 11.8 Å². The average molecular weight is 329 g/mol. The number of Topliss-reactive ketones (excluding diaryl/α,β-unsaturated/α-hetero) is 2. The number of allylic oxidation sites excluding steroid dienone is 1. The van der Waals surface area contributed by atoms with E-state index in [9.17, 15) is 19.5 Å². The molecule has 24 heavy (non-hydrogen) atoms.